The summed E-state index contributed by atoms with van der Waals surface area (Å²) in [5, 5.41) is 6.72. The lowest BCUT2D eigenvalue weighted by Crippen LogP contribution is -2.44. The van der Waals surface area contributed by atoms with Gasteiger partial charge in [0.05, 0.1) is 11.7 Å². The topological polar surface area (TPSA) is 95.4 Å². The number of benzene rings is 1. The van der Waals surface area contributed by atoms with Crippen LogP contribution in [0.5, 0.6) is 0 Å². The fraction of sp³-hybridized carbons (Fsp3) is 0.370. The highest BCUT2D eigenvalue weighted by Gasteiger charge is 2.41. The van der Waals surface area contributed by atoms with E-state index in [1.807, 2.05) is 6.20 Å². The molecule has 2 fully saturated rings. The first kappa shape index (κ1) is 23.6. The monoisotopic (exact) mass is 503 g/mol. The van der Waals surface area contributed by atoms with Gasteiger partial charge in [-0.05, 0) is 36.8 Å². The average Bonchev–Trinajstić information content (AvgIpc) is 3.79. The maximum atomic E-state index is 14.7. The van der Waals surface area contributed by atoms with Gasteiger partial charge >= 0.3 is 11.8 Å². The number of hydrogen-bond donors (Lipinski definition) is 2. The first-order chi connectivity index (χ1) is 18.0. The van der Waals surface area contributed by atoms with Gasteiger partial charge in [0.15, 0.2) is 0 Å². The van der Waals surface area contributed by atoms with Crippen LogP contribution in [0.4, 0.5) is 14.6 Å². The predicted molar refractivity (Wildman–Crippen MR) is 137 cm³/mol. The molecule has 1 atom stereocenters. The fourth-order valence-electron chi connectivity index (χ4n) is 4.88. The van der Waals surface area contributed by atoms with Crippen molar-refractivity contribution in [2.24, 2.45) is 4.99 Å². The number of fused-ring (bicyclic) bond motifs is 1. The van der Waals surface area contributed by atoms with Crippen molar-refractivity contribution in [1.82, 2.24) is 25.6 Å². The summed E-state index contributed by atoms with van der Waals surface area (Å²) >= 11 is 0. The van der Waals surface area contributed by atoms with Crippen LogP contribution in [0.15, 0.2) is 59.6 Å². The summed E-state index contributed by atoms with van der Waals surface area (Å²) in [6.07, 6.45) is 9.74. The number of amides is 1. The molecule has 0 bridgehead atoms. The van der Waals surface area contributed by atoms with Crippen LogP contribution in [0.2, 0.25) is 0 Å². The van der Waals surface area contributed by atoms with Gasteiger partial charge in [0.25, 0.3) is 0 Å². The number of aromatic nitrogens is 3. The van der Waals surface area contributed by atoms with Crippen molar-refractivity contribution in [2.75, 3.05) is 31.1 Å². The third kappa shape index (κ3) is 4.69. The molecule has 10 heteroatoms. The van der Waals surface area contributed by atoms with Gasteiger partial charge in [-0.3, -0.25) is 9.78 Å². The lowest BCUT2D eigenvalue weighted by molar-refractivity contribution is -0.146. The lowest BCUT2D eigenvalue weighted by atomic mass is 10.0. The molecular weight excluding hydrogens is 476 g/mol. The van der Waals surface area contributed by atoms with E-state index in [2.05, 4.69) is 25.5 Å². The minimum Gasteiger partial charge on any atom is -0.353 e. The molecule has 1 amide bonds. The molecule has 37 heavy (non-hydrogen) atoms. The summed E-state index contributed by atoms with van der Waals surface area (Å²) in [7, 11) is 0. The molecule has 1 saturated carbocycles. The van der Waals surface area contributed by atoms with Crippen molar-refractivity contribution in [1.29, 1.82) is 0 Å². The van der Waals surface area contributed by atoms with Gasteiger partial charge in [-0.15, -0.1) is 0 Å². The van der Waals surface area contributed by atoms with Crippen LogP contribution in [0.3, 0.4) is 0 Å². The van der Waals surface area contributed by atoms with E-state index in [1.165, 1.54) is 29.8 Å². The highest BCUT2D eigenvalue weighted by Crippen LogP contribution is 2.44. The largest absolute Gasteiger partial charge is 0.353 e. The number of nitrogens with zero attached hydrogens (tertiary/aromatic N) is 5. The summed E-state index contributed by atoms with van der Waals surface area (Å²) in [4.78, 5) is 33.3. The zero-order valence-electron chi connectivity index (χ0n) is 20.2. The number of nitrogens with one attached hydrogen (secondary N) is 2. The minimum absolute atomic E-state index is 0.0640. The van der Waals surface area contributed by atoms with Crippen LogP contribution in [-0.4, -0.2) is 53.3 Å². The van der Waals surface area contributed by atoms with Gasteiger partial charge in [-0.2, -0.15) is 8.78 Å². The third-order valence-corrected chi connectivity index (χ3v) is 7.01. The molecule has 1 saturated heterocycles. The molecule has 0 radical (unpaired) electrons. The number of carbonyl (C=O) groups is 1. The second-order valence-electron chi connectivity index (χ2n) is 9.64. The number of allylic oxidation sites excluding steroid dienone is 1. The second kappa shape index (κ2) is 9.59. The number of carbonyl (C=O) groups excluding carboxylic acids is 1. The van der Waals surface area contributed by atoms with Crippen LogP contribution >= 0.6 is 0 Å². The zero-order chi connectivity index (χ0) is 25.4. The van der Waals surface area contributed by atoms with Crippen molar-refractivity contribution < 1.29 is 13.6 Å². The summed E-state index contributed by atoms with van der Waals surface area (Å²) in [6.45, 7) is 3.39. The molecule has 0 spiro atoms. The molecule has 1 unspecified atom stereocenters. The lowest BCUT2D eigenvalue weighted by Gasteiger charge is -2.30. The van der Waals surface area contributed by atoms with E-state index in [9.17, 15) is 13.6 Å². The minimum atomic E-state index is -3.69. The molecule has 1 aliphatic carbocycles. The van der Waals surface area contributed by atoms with Gasteiger partial charge in [-0.25, -0.2) is 15.0 Å². The molecule has 6 rings (SSSR count). The normalized spacial score (nSPS) is 20.1. The summed E-state index contributed by atoms with van der Waals surface area (Å²) in [6, 6.07) is 7.02. The van der Waals surface area contributed by atoms with Gasteiger partial charge in [-0.1, -0.05) is 30.3 Å². The fourth-order valence-corrected chi connectivity index (χ4v) is 4.88. The molecular formula is C27H27F2N7O. The zero-order valence-corrected chi connectivity index (χ0v) is 20.2. The molecule has 2 aliphatic heterocycles. The van der Waals surface area contributed by atoms with Gasteiger partial charge in [0.2, 0.25) is 0 Å². The van der Waals surface area contributed by atoms with E-state index in [0.717, 1.165) is 55.7 Å². The molecule has 4 heterocycles. The smallest absolute Gasteiger partial charge is 0.350 e. The number of hydrogen-bond acceptors (Lipinski definition) is 7. The number of piperazine rings is 1. The van der Waals surface area contributed by atoms with Gasteiger partial charge < -0.3 is 15.5 Å². The summed E-state index contributed by atoms with van der Waals surface area (Å²) in [5.41, 5.74) is 1.59. The average molecular weight is 504 g/mol. The Morgan fingerprint density at radius 3 is 2.62 bits per heavy atom. The van der Waals surface area contributed by atoms with E-state index in [1.54, 1.807) is 24.6 Å². The number of rotatable bonds is 6. The van der Waals surface area contributed by atoms with Crippen molar-refractivity contribution in [2.45, 2.75) is 37.0 Å². The molecule has 2 aromatic heterocycles. The van der Waals surface area contributed by atoms with Crippen molar-refractivity contribution in [3.05, 3.63) is 71.6 Å². The standard InChI is InChI=1S/C27H27F2N7O/c28-27(29,19-4-2-1-3-5-19)26(37)34-22-14-18(8-9-32-22)24-33-21-16-31-15-20(17-6-7-17)23(21)25(35-24)36-12-10-30-11-13-36/h1-5,9,14-18,30H,6-8,10-13H2,(H,34,37). The number of anilines is 1. The van der Waals surface area contributed by atoms with Crippen LogP contribution in [0.25, 0.3) is 10.9 Å². The van der Waals surface area contributed by atoms with Gasteiger partial charge in [0.1, 0.15) is 17.5 Å². The van der Waals surface area contributed by atoms with Crippen molar-refractivity contribution in [3.8, 4) is 0 Å². The Bertz CT molecular complexity index is 1380. The highest BCUT2D eigenvalue weighted by atomic mass is 19.3. The number of halogens is 2. The Kier molecular flexibility index (Phi) is 6.11. The number of pyridine rings is 1. The van der Waals surface area contributed by atoms with Crippen LogP contribution in [0, 0.1) is 0 Å². The van der Waals surface area contributed by atoms with Crippen LogP contribution < -0.4 is 15.5 Å². The van der Waals surface area contributed by atoms with Crippen LogP contribution in [-0.2, 0) is 10.7 Å². The molecule has 190 valence electrons. The Morgan fingerprint density at radius 1 is 1.08 bits per heavy atom. The van der Waals surface area contributed by atoms with Crippen molar-refractivity contribution in [3.63, 3.8) is 0 Å². The van der Waals surface area contributed by atoms with Crippen LogP contribution in [0.1, 0.15) is 48.0 Å². The summed E-state index contributed by atoms with van der Waals surface area (Å²) in [5.74, 6) is -3.44. The predicted octanol–water partition coefficient (Wildman–Crippen LogP) is 3.62. The Morgan fingerprint density at radius 2 is 1.86 bits per heavy atom. The Hall–Kier alpha value is -3.79. The Labute approximate surface area is 212 Å². The summed E-state index contributed by atoms with van der Waals surface area (Å²) < 4.78 is 29.5. The van der Waals surface area contributed by atoms with E-state index < -0.39 is 11.8 Å². The Balaban J connectivity index is 1.33. The quantitative estimate of drug-likeness (QED) is 0.534. The highest BCUT2D eigenvalue weighted by molar-refractivity contribution is 5.93. The van der Waals surface area contributed by atoms with E-state index in [4.69, 9.17) is 9.97 Å². The number of alkyl halides is 2. The molecule has 3 aliphatic rings. The molecule has 8 nitrogen and oxygen atoms in total. The van der Waals surface area contributed by atoms with E-state index in [0.29, 0.717) is 18.2 Å². The maximum absolute atomic E-state index is 14.7. The first-order valence-corrected chi connectivity index (χ1v) is 12.6. The second-order valence-corrected chi connectivity index (χ2v) is 9.64. The van der Waals surface area contributed by atoms with E-state index in [-0.39, 0.29) is 17.3 Å². The van der Waals surface area contributed by atoms with Gasteiger partial charge in [0, 0.05) is 55.5 Å². The maximum Gasteiger partial charge on any atom is 0.350 e. The van der Waals surface area contributed by atoms with E-state index >= 15 is 0 Å². The first-order valence-electron chi connectivity index (χ1n) is 12.6. The van der Waals surface area contributed by atoms with Crippen molar-refractivity contribution >= 4 is 28.8 Å². The SMILES string of the molecule is O=C(NC1=CC(c2nc(N3CCNCC3)c3c(C4CC4)cncc3n2)CC=N1)C(F)(F)c1ccccc1. The molecule has 3 aromatic rings. The molecule has 2 N–H and O–H groups in total. The third-order valence-electron chi connectivity index (χ3n) is 7.01. The number of aliphatic imine (C=N–C) groups is 1. The molecule has 1 aromatic carbocycles.